The van der Waals surface area contributed by atoms with Gasteiger partial charge in [-0.15, -0.1) is 0 Å². The van der Waals surface area contributed by atoms with Crippen molar-refractivity contribution in [3.63, 3.8) is 0 Å². The number of halogens is 2. The van der Waals surface area contributed by atoms with Crippen molar-refractivity contribution in [1.29, 1.82) is 0 Å². The summed E-state index contributed by atoms with van der Waals surface area (Å²) in [6.07, 6.45) is 1.14. The summed E-state index contributed by atoms with van der Waals surface area (Å²) >= 11 is 0. The maximum atomic E-state index is 15.2. The molecule has 2 aliphatic heterocycles. The second kappa shape index (κ2) is 12.8. The highest BCUT2D eigenvalue weighted by Crippen LogP contribution is 2.38. The van der Waals surface area contributed by atoms with E-state index in [0.29, 0.717) is 67.3 Å². The molecule has 11 nitrogen and oxygen atoms in total. The van der Waals surface area contributed by atoms with Crippen LogP contribution in [0, 0.1) is 18.6 Å². The fourth-order valence-electron chi connectivity index (χ4n) is 6.01. The molecular weight excluding hydrogens is 590 g/mol. The Morgan fingerprint density at radius 3 is 2.49 bits per heavy atom. The molecule has 13 heteroatoms. The zero-order valence-corrected chi connectivity index (χ0v) is 25.9. The molecule has 0 radical (unpaired) electrons. The average molecular weight is 627 g/mol. The number of hydrogen-bond acceptors (Lipinski definition) is 8. The van der Waals surface area contributed by atoms with Gasteiger partial charge in [-0.3, -0.25) is 14.2 Å². The van der Waals surface area contributed by atoms with Crippen LogP contribution in [-0.2, 0) is 41.2 Å². The molecular formula is C32H36F2N4O7. The van der Waals surface area contributed by atoms with Gasteiger partial charge in [0.1, 0.15) is 29.0 Å². The van der Waals surface area contributed by atoms with Crippen LogP contribution in [0.25, 0.3) is 11.1 Å². The van der Waals surface area contributed by atoms with Crippen molar-refractivity contribution in [1.82, 2.24) is 14.5 Å². The standard InChI is InChI=1S/C32H36F2N4O7/c1-17-16-44-12-10-38(17)20-14-23(33)27(24(34)15-20)29(39)35-25(31(41)43-5)13-19-8-9-22(28-21(19)7-6-11-45-28)26-18(2)36(3)32(42)37(4)30(26)40/h8-9,14-15,17,25H,6-7,10-13,16H2,1-5H3,(H,35,39)/t17-,25-/m0/s1. The van der Waals surface area contributed by atoms with Crippen molar-refractivity contribution in [2.24, 2.45) is 14.1 Å². The van der Waals surface area contributed by atoms with Crippen molar-refractivity contribution in [3.05, 3.63) is 79.1 Å². The summed E-state index contributed by atoms with van der Waals surface area (Å²) in [4.78, 5) is 53.5. The van der Waals surface area contributed by atoms with Gasteiger partial charge in [-0.2, -0.15) is 0 Å². The van der Waals surface area contributed by atoms with E-state index in [1.807, 2.05) is 6.92 Å². The zero-order valence-electron chi connectivity index (χ0n) is 25.9. The molecule has 3 aromatic rings. The summed E-state index contributed by atoms with van der Waals surface area (Å²) in [5, 5.41) is 2.46. The third-order valence-electron chi connectivity index (χ3n) is 8.57. The first-order valence-corrected chi connectivity index (χ1v) is 14.7. The number of nitrogens with one attached hydrogen (secondary N) is 1. The monoisotopic (exact) mass is 626 g/mol. The van der Waals surface area contributed by atoms with Gasteiger partial charge in [0.05, 0.1) is 32.5 Å². The van der Waals surface area contributed by atoms with Crippen molar-refractivity contribution in [2.45, 2.75) is 45.2 Å². The van der Waals surface area contributed by atoms with E-state index in [0.717, 1.165) is 29.4 Å². The molecule has 1 saturated heterocycles. The van der Waals surface area contributed by atoms with Crippen LogP contribution in [0.15, 0.2) is 33.9 Å². The van der Waals surface area contributed by atoms with Crippen molar-refractivity contribution >= 4 is 17.6 Å². The third-order valence-corrected chi connectivity index (χ3v) is 8.57. The van der Waals surface area contributed by atoms with Gasteiger partial charge in [0, 0.05) is 50.0 Å². The van der Waals surface area contributed by atoms with Gasteiger partial charge in [-0.1, -0.05) is 12.1 Å². The Morgan fingerprint density at radius 2 is 1.82 bits per heavy atom. The lowest BCUT2D eigenvalue weighted by Gasteiger charge is -2.35. The molecule has 0 bridgehead atoms. The van der Waals surface area contributed by atoms with Crippen LogP contribution in [0.4, 0.5) is 14.5 Å². The maximum absolute atomic E-state index is 15.2. The van der Waals surface area contributed by atoms with Gasteiger partial charge in [0.2, 0.25) is 0 Å². The molecule has 45 heavy (non-hydrogen) atoms. The van der Waals surface area contributed by atoms with Gasteiger partial charge in [-0.25, -0.2) is 18.4 Å². The number of esters is 1. The third kappa shape index (κ3) is 5.96. The lowest BCUT2D eigenvalue weighted by Crippen LogP contribution is -2.44. The molecule has 2 atom stereocenters. The van der Waals surface area contributed by atoms with Gasteiger partial charge < -0.3 is 29.0 Å². The number of fused-ring (bicyclic) bond motifs is 1. The first kappa shape index (κ1) is 31.9. The Labute approximate surface area is 258 Å². The number of aromatic nitrogens is 2. The highest BCUT2D eigenvalue weighted by molar-refractivity contribution is 5.97. The van der Waals surface area contributed by atoms with E-state index in [9.17, 15) is 19.2 Å². The predicted molar refractivity (Wildman–Crippen MR) is 162 cm³/mol. The first-order valence-electron chi connectivity index (χ1n) is 14.7. The molecule has 0 aliphatic carbocycles. The average Bonchev–Trinajstić information content (AvgIpc) is 3.02. The summed E-state index contributed by atoms with van der Waals surface area (Å²) in [7, 11) is 4.14. The summed E-state index contributed by atoms with van der Waals surface area (Å²) in [5.41, 5.74) is 1.17. The topological polar surface area (TPSA) is 121 Å². The van der Waals surface area contributed by atoms with E-state index < -0.39 is 46.4 Å². The van der Waals surface area contributed by atoms with Crippen LogP contribution in [0.5, 0.6) is 5.75 Å². The quantitative estimate of drug-likeness (QED) is 0.397. The number of benzene rings is 2. The molecule has 0 saturated carbocycles. The van der Waals surface area contributed by atoms with Crippen LogP contribution in [0.3, 0.4) is 0 Å². The van der Waals surface area contributed by atoms with E-state index >= 15 is 8.78 Å². The summed E-state index contributed by atoms with van der Waals surface area (Å²) in [6.45, 7) is 5.20. The maximum Gasteiger partial charge on any atom is 0.330 e. The largest absolute Gasteiger partial charge is 0.493 e. The number of amides is 1. The number of hydrogen-bond donors (Lipinski definition) is 1. The summed E-state index contributed by atoms with van der Waals surface area (Å²) < 4.78 is 49.3. The summed E-state index contributed by atoms with van der Waals surface area (Å²) in [6, 6.07) is 4.20. The highest BCUT2D eigenvalue weighted by atomic mass is 19.1. The van der Waals surface area contributed by atoms with Gasteiger partial charge >= 0.3 is 11.7 Å². The minimum atomic E-state index is -1.29. The Morgan fingerprint density at radius 1 is 1.11 bits per heavy atom. The number of methoxy groups -OCH3 is 1. The lowest BCUT2D eigenvalue weighted by atomic mass is 9.90. The number of nitrogens with zero attached hydrogens (tertiary/aromatic N) is 3. The van der Waals surface area contributed by atoms with Gasteiger partial charge in [0.25, 0.3) is 11.5 Å². The van der Waals surface area contributed by atoms with Crippen LogP contribution >= 0.6 is 0 Å². The lowest BCUT2D eigenvalue weighted by molar-refractivity contribution is -0.142. The molecule has 0 unspecified atom stereocenters. The van der Waals surface area contributed by atoms with E-state index in [4.69, 9.17) is 14.2 Å². The fraction of sp³-hybridized carbons (Fsp3) is 0.438. The number of carbonyl (C=O) groups is 2. The Kier molecular flexibility index (Phi) is 9.10. The van der Waals surface area contributed by atoms with Gasteiger partial charge in [0.15, 0.2) is 0 Å². The molecule has 1 amide bonds. The van der Waals surface area contributed by atoms with E-state index in [2.05, 4.69) is 5.32 Å². The Bertz CT molecular complexity index is 1760. The van der Waals surface area contributed by atoms with Crippen LogP contribution in [-0.4, -0.2) is 66.6 Å². The van der Waals surface area contributed by atoms with E-state index in [-0.39, 0.29) is 18.2 Å². The van der Waals surface area contributed by atoms with Crippen LogP contribution in [0.1, 0.15) is 40.5 Å². The molecule has 2 aromatic carbocycles. The molecule has 3 heterocycles. The minimum Gasteiger partial charge on any atom is -0.493 e. The number of ether oxygens (including phenoxy) is 3. The molecule has 1 fully saturated rings. The first-order chi connectivity index (χ1) is 21.4. The predicted octanol–water partition coefficient (Wildman–Crippen LogP) is 2.40. The Hall–Kier alpha value is -4.52. The Balaban J connectivity index is 1.47. The minimum absolute atomic E-state index is 0.0682. The van der Waals surface area contributed by atoms with Crippen molar-refractivity contribution in [3.8, 4) is 16.9 Å². The van der Waals surface area contributed by atoms with Crippen LogP contribution < -0.4 is 26.2 Å². The summed E-state index contributed by atoms with van der Waals surface area (Å²) in [5.74, 6) is -3.59. The van der Waals surface area contributed by atoms with Gasteiger partial charge in [-0.05, 0) is 49.9 Å². The van der Waals surface area contributed by atoms with E-state index in [1.54, 1.807) is 31.0 Å². The number of anilines is 1. The molecule has 5 rings (SSSR count). The fourth-order valence-corrected chi connectivity index (χ4v) is 6.01. The zero-order chi connectivity index (χ0) is 32.6. The number of rotatable bonds is 7. The smallest absolute Gasteiger partial charge is 0.330 e. The number of morpholine rings is 1. The van der Waals surface area contributed by atoms with Crippen LogP contribution in [0.2, 0.25) is 0 Å². The molecule has 1 aromatic heterocycles. The molecule has 2 aliphatic rings. The molecule has 240 valence electrons. The molecule has 0 spiro atoms. The second-order valence-electron chi connectivity index (χ2n) is 11.4. The SMILES string of the molecule is COC(=O)[C@H](Cc1ccc(-c2c(C)n(C)c(=O)n(C)c2=O)c2c1CCCO2)NC(=O)c1c(F)cc(N2CCOC[C@@H]2C)cc1F. The highest BCUT2D eigenvalue weighted by Gasteiger charge is 2.31. The number of carbonyl (C=O) groups excluding carboxylic acids is 2. The second-order valence-corrected chi connectivity index (χ2v) is 11.4. The van der Waals surface area contributed by atoms with E-state index in [1.165, 1.54) is 11.6 Å². The molecule has 1 N–H and O–H groups in total. The van der Waals surface area contributed by atoms with Crippen molar-refractivity contribution < 1.29 is 32.6 Å². The normalized spacial score (nSPS) is 16.9. The van der Waals surface area contributed by atoms with Crippen molar-refractivity contribution in [2.75, 3.05) is 38.4 Å².